The largest absolute Gasteiger partial charge is 0.351 e. The van der Waals surface area contributed by atoms with Gasteiger partial charge in [0.2, 0.25) is 5.91 Å². The summed E-state index contributed by atoms with van der Waals surface area (Å²) in [5.41, 5.74) is 5.70. The van der Waals surface area contributed by atoms with Crippen molar-refractivity contribution in [3.05, 3.63) is 0 Å². The van der Waals surface area contributed by atoms with E-state index in [9.17, 15) is 13.2 Å². The van der Waals surface area contributed by atoms with Gasteiger partial charge in [-0.2, -0.15) is 0 Å². The van der Waals surface area contributed by atoms with E-state index in [1.807, 2.05) is 13.8 Å². The molecule has 1 amide bonds. The minimum absolute atomic E-state index is 0. The van der Waals surface area contributed by atoms with Crippen LogP contribution in [0.3, 0.4) is 0 Å². The zero-order valence-electron chi connectivity index (χ0n) is 11.5. The molecular formula is C11H25ClN2O3S. The predicted molar refractivity (Wildman–Crippen MR) is 76.6 cm³/mol. The molecule has 7 heteroatoms. The van der Waals surface area contributed by atoms with Gasteiger partial charge in [-0.25, -0.2) is 8.42 Å². The molecule has 0 aliphatic carbocycles. The first-order valence-electron chi connectivity index (χ1n) is 5.94. The molecule has 0 aromatic heterocycles. The van der Waals surface area contributed by atoms with Crippen molar-refractivity contribution < 1.29 is 13.2 Å². The second-order valence-corrected chi connectivity index (χ2v) is 7.24. The minimum atomic E-state index is -3.07. The Hall–Kier alpha value is -0.330. The molecule has 5 nitrogen and oxygen atoms in total. The maximum absolute atomic E-state index is 11.6. The van der Waals surface area contributed by atoms with Crippen molar-refractivity contribution in [1.82, 2.24) is 5.32 Å². The first-order valence-corrected chi connectivity index (χ1v) is 7.76. The van der Waals surface area contributed by atoms with Crippen LogP contribution in [0.5, 0.6) is 0 Å². The maximum atomic E-state index is 11.6. The zero-order chi connectivity index (χ0) is 13.6. The van der Waals surface area contributed by atoms with E-state index in [0.717, 1.165) is 0 Å². The van der Waals surface area contributed by atoms with Gasteiger partial charge in [-0.05, 0) is 19.3 Å². The average Bonchev–Trinajstić information content (AvgIpc) is 2.15. The molecule has 18 heavy (non-hydrogen) atoms. The molecule has 3 N–H and O–H groups in total. The number of hydrogen-bond donors (Lipinski definition) is 2. The molecule has 0 aromatic rings. The average molecular weight is 301 g/mol. The van der Waals surface area contributed by atoms with Crippen molar-refractivity contribution in [2.45, 2.75) is 46.2 Å². The summed E-state index contributed by atoms with van der Waals surface area (Å²) in [7, 11) is -3.07. The Morgan fingerprint density at radius 2 is 1.78 bits per heavy atom. The normalized spacial score (nSPS) is 14.8. The third-order valence-electron chi connectivity index (χ3n) is 2.39. The van der Waals surface area contributed by atoms with Gasteiger partial charge >= 0.3 is 0 Å². The Morgan fingerprint density at radius 3 is 2.17 bits per heavy atom. The summed E-state index contributed by atoms with van der Waals surface area (Å²) in [5, 5.41) is 2.63. The Labute approximate surface area is 116 Å². The van der Waals surface area contributed by atoms with Crippen LogP contribution in [-0.4, -0.2) is 37.9 Å². The molecule has 0 aliphatic rings. The van der Waals surface area contributed by atoms with Crippen molar-refractivity contribution in [1.29, 1.82) is 0 Å². The number of nitrogens with one attached hydrogen (secondary N) is 1. The number of carbonyl (C=O) groups excluding carboxylic acids is 1. The van der Waals surface area contributed by atoms with Crippen molar-refractivity contribution in [2.75, 3.05) is 11.5 Å². The molecular weight excluding hydrogens is 276 g/mol. The lowest BCUT2D eigenvalue weighted by Gasteiger charge is -2.18. The number of halogens is 1. The zero-order valence-corrected chi connectivity index (χ0v) is 13.1. The summed E-state index contributed by atoms with van der Waals surface area (Å²) in [4.78, 5) is 11.6. The van der Waals surface area contributed by atoms with E-state index in [0.29, 0.717) is 12.3 Å². The molecule has 0 saturated heterocycles. The Bertz CT molecular complexity index is 344. The van der Waals surface area contributed by atoms with Crippen LogP contribution in [0.2, 0.25) is 0 Å². The fraction of sp³-hybridized carbons (Fsp3) is 0.909. The number of nitrogens with two attached hydrogens (primary N) is 1. The predicted octanol–water partition coefficient (Wildman–Crippen LogP) is 0.721. The summed E-state index contributed by atoms with van der Waals surface area (Å²) in [6.45, 7) is 7.23. The molecule has 0 radical (unpaired) electrons. The van der Waals surface area contributed by atoms with Crippen LogP contribution >= 0.6 is 12.4 Å². The molecule has 110 valence electrons. The highest BCUT2D eigenvalue weighted by molar-refractivity contribution is 7.91. The van der Waals surface area contributed by atoms with Crippen LogP contribution in [-0.2, 0) is 14.6 Å². The number of rotatable bonds is 7. The number of carbonyl (C=O) groups is 1. The van der Waals surface area contributed by atoms with E-state index in [2.05, 4.69) is 5.32 Å². The van der Waals surface area contributed by atoms with E-state index in [-0.39, 0.29) is 29.8 Å². The van der Waals surface area contributed by atoms with Crippen molar-refractivity contribution in [2.24, 2.45) is 11.7 Å². The lowest BCUT2D eigenvalue weighted by Crippen LogP contribution is -2.47. The quantitative estimate of drug-likeness (QED) is 0.725. The number of sulfone groups is 1. The minimum Gasteiger partial charge on any atom is -0.351 e. The third kappa shape index (κ3) is 8.72. The fourth-order valence-electron chi connectivity index (χ4n) is 1.51. The lowest BCUT2D eigenvalue weighted by molar-refractivity contribution is -0.123. The third-order valence-corrected chi connectivity index (χ3v) is 4.28. The van der Waals surface area contributed by atoms with Gasteiger partial charge < -0.3 is 11.1 Å². The van der Waals surface area contributed by atoms with Gasteiger partial charge in [0.1, 0.15) is 0 Å². The van der Waals surface area contributed by atoms with E-state index < -0.39 is 21.9 Å². The maximum Gasteiger partial charge on any atom is 0.237 e. The Kier molecular flexibility index (Phi) is 9.68. The molecule has 0 bridgehead atoms. The van der Waals surface area contributed by atoms with Gasteiger partial charge in [-0.3, -0.25) is 4.79 Å². The van der Waals surface area contributed by atoms with Gasteiger partial charge in [-0.1, -0.05) is 20.8 Å². The topological polar surface area (TPSA) is 89.3 Å². The first kappa shape index (κ1) is 20.0. The summed E-state index contributed by atoms with van der Waals surface area (Å²) < 4.78 is 22.7. The van der Waals surface area contributed by atoms with Crippen LogP contribution in [0.15, 0.2) is 0 Å². The van der Waals surface area contributed by atoms with Crippen LogP contribution in [0.25, 0.3) is 0 Å². The van der Waals surface area contributed by atoms with Crippen LogP contribution in [0.1, 0.15) is 34.1 Å². The monoisotopic (exact) mass is 300 g/mol. The molecule has 0 fully saturated rings. The Balaban J connectivity index is 0. The molecule has 0 heterocycles. The van der Waals surface area contributed by atoms with Crippen molar-refractivity contribution in [3.8, 4) is 0 Å². The lowest BCUT2D eigenvalue weighted by atomic mass is 10.0. The Morgan fingerprint density at radius 1 is 1.28 bits per heavy atom. The summed E-state index contributed by atoms with van der Waals surface area (Å²) in [5.74, 6) is 0.109. The highest BCUT2D eigenvalue weighted by Gasteiger charge is 2.19. The van der Waals surface area contributed by atoms with E-state index in [4.69, 9.17) is 5.73 Å². The van der Waals surface area contributed by atoms with Crippen molar-refractivity contribution in [3.63, 3.8) is 0 Å². The van der Waals surface area contributed by atoms with Crippen molar-refractivity contribution >= 4 is 28.2 Å². The molecule has 0 saturated carbocycles. The molecule has 2 atom stereocenters. The van der Waals surface area contributed by atoms with Crippen LogP contribution < -0.4 is 11.1 Å². The second kappa shape index (κ2) is 8.72. The van der Waals surface area contributed by atoms with Gasteiger partial charge in [0.05, 0.1) is 11.8 Å². The molecule has 0 spiro atoms. The van der Waals surface area contributed by atoms with Crippen LogP contribution in [0.4, 0.5) is 0 Å². The molecule has 0 rings (SSSR count). The second-order valence-electron chi connectivity index (χ2n) is 4.84. The highest BCUT2D eigenvalue weighted by atomic mass is 35.5. The SMILES string of the molecule is CCS(=O)(=O)CC(C)NC(=O)[C@@H](N)CC(C)C.Cl. The van der Waals surface area contributed by atoms with Gasteiger partial charge in [-0.15, -0.1) is 12.4 Å². The van der Waals surface area contributed by atoms with E-state index in [1.165, 1.54) is 0 Å². The highest BCUT2D eigenvalue weighted by Crippen LogP contribution is 2.03. The summed E-state index contributed by atoms with van der Waals surface area (Å²) >= 11 is 0. The summed E-state index contributed by atoms with van der Waals surface area (Å²) in [6.07, 6.45) is 0.596. The molecule has 0 aromatic carbocycles. The van der Waals surface area contributed by atoms with E-state index in [1.54, 1.807) is 13.8 Å². The molecule has 1 unspecified atom stereocenters. The van der Waals surface area contributed by atoms with E-state index >= 15 is 0 Å². The fourth-order valence-corrected chi connectivity index (χ4v) is 2.59. The standard InChI is InChI=1S/C11H24N2O3S.ClH/c1-5-17(15,16)7-9(4)13-11(14)10(12)6-8(2)3;/h8-10H,5-7,12H2,1-4H3,(H,13,14);1H/t9?,10-;/m0./s1. The molecule has 0 aliphatic heterocycles. The number of hydrogen-bond acceptors (Lipinski definition) is 4. The summed E-state index contributed by atoms with van der Waals surface area (Å²) in [6, 6.07) is -0.965. The number of amides is 1. The van der Waals surface area contributed by atoms with Gasteiger partial charge in [0.25, 0.3) is 0 Å². The van der Waals surface area contributed by atoms with Gasteiger partial charge in [0.15, 0.2) is 9.84 Å². The smallest absolute Gasteiger partial charge is 0.237 e. The van der Waals surface area contributed by atoms with Gasteiger partial charge in [0, 0.05) is 11.8 Å². The van der Waals surface area contributed by atoms with Crippen LogP contribution in [0, 0.1) is 5.92 Å². The first-order chi connectivity index (χ1) is 7.68.